The van der Waals surface area contributed by atoms with Crippen molar-refractivity contribution in [2.45, 2.75) is 32.1 Å². The van der Waals surface area contributed by atoms with Crippen molar-refractivity contribution in [3.05, 3.63) is 35.4 Å². The molecule has 7 nitrogen and oxygen atoms in total. The molecule has 0 aliphatic carbocycles. The van der Waals surface area contributed by atoms with Crippen LogP contribution in [0.3, 0.4) is 0 Å². The fourth-order valence-corrected chi connectivity index (χ4v) is 3.02. The third kappa shape index (κ3) is 6.33. The molecule has 1 aromatic rings. The van der Waals surface area contributed by atoms with E-state index in [4.69, 9.17) is 0 Å². The first-order valence-electron chi connectivity index (χ1n) is 8.45. The summed E-state index contributed by atoms with van der Waals surface area (Å²) in [6, 6.07) is 7.32. The van der Waals surface area contributed by atoms with Gasteiger partial charge in [0.25, 0.3) is 5.91 Å². The monoisotopic (exact) mass is 382 g/mol. The first kappa shape index (κ1) is 22.0. The molecule has 0 aliphatic rings. The highest BCUT2D eigenvalue weighted by atomic mass is 32.2. The smallest absolute Gasteiger partial charge is 0.253 e. The molecule has 0 fully saturated rings. The van der Waals surface area contributed by atoms with E-state index in [1.165, 1.54) is 4.90 Å². The lowest BCUT2D eigenvalue weighted by molar-refractivity contribution is 0.0827. The van der Waals surface area contributed by atoms with Gasteiger partial charge in [-0.3, -0.25) is 9.79 Å². The van der Waals surface area contributed by atoms with Crippen LogP contribution in [0.5, 0.6) is 0 Å². The molecule has 8 heteroatoms. The largest absolute Gasteiger partial charge is 0.355 e. The number of carbonyl (C=O) groups excluding carboxylic acids is 1. The summed E-state index contributed by atoms with van der Waals surface area (Å²) < 4.78 is 23.4. The summed E-state index contributed by atoms with van der Waals surface area (Å²) in [5, 5.41) is 6.14. The molecule has 1 aromatic carbocycles. The molecule has 1 amide bonds. The first-order valence-corrected chi connectivity index (χ1v) is 10.1. The Morgan fingerprint density at radius 3 is 2.15 bits per heavy atom. The Morgan fingerprint density at radius 2 is 1.69 bits per heavy atom. The predicted octanol–water partition coefficient (Wildman–Crippen LogP) is 1.27. The Balaban J connectivity index is 2.54. The van der Waals surface area contributed by atoms with Gasteiger partial charge in [0.05, 0.1) is 10.5 Å². The number of carbonyl (C=O) groups is 1. The minimum atomic E-state index is -3.17. The number of guanidine groups is 1. The molecule has 0 unspecified atom stereocenters. The van der Waals surface area contributed by atoms with Crippen molar-refractivity contribution < 1.29 is 13.2 Å². The lowest BCUT2D eigenvalue weighted by Crippen LogP contribution is -2.41. The van der Waals surface area contributed by atoms with Gasteiger partial charge in [-0.2, -0.15) is 0 Å². The normalized spacial score (nSPS) is 12.6. The number of nitrogens with zero attached hydrogens (tertiary/aromatic N) is 2. The van der Waals surface area contributed by atoms with E-state index >= 15 is 0 Å². The number of amides is 1. The van der Waals surface area contributed by atoms with Crippen LogP contribution in [-0.4, -0.2) is 63.4 Å². The third-order valence-electron chi connectivity index (χ3n) is 3.89. The zero-order valence-corrected chi connectivity index (χ0v) is 17.3. The number of nitrogens with one attached hydrogen (secondary N) is 2. The van der Waals surface area contributed by atoms with Crippen LogP contribution in [0.25, 0.3) is 0 Å². The van der Waals surface area contributed by atoms with E-state index in [-0.39, 0.29) is 18.2 Å². The maximum absolute atomic E-state index is 12.1. The number of hydrogen-bond donors (Lipinski definition) is 2. The van der Waals surface area contributed by atoms with Crippen LogP contribution in [0.1, 0.15) is 36.7 Å². The molecule has 0 bridgehead atoms. The van der Waals surface area contributed by atoms with Crippen molar-refractivity contribution in [1.29, 1.82) is 0 Å². The van der Waals surface area contributed by atoms with Gasteiger partial charge in [-0.1, -0.05) is 12.1 Å². The zero-order valence-electron chi connectivity index (χ0n) is 16.5. The highest BCUT2D eigenvalue weighted by Crippen LogP contribution is 2.15. The highest BCUT2D eigenvalue weighted by molar-refractivity contribution is 7.92. The van der Waals surface area contributed by atoms with Crippen LogP contribution in [-0.2, 0) is 16.4 Å². The topological polar surface area (TPSA) is 90.9 Å². The number of aliphatic imine (C=N–C) groups is 1. The Labute approximate surface area is 156 Å². The fourth-order valence-electron chi connectivity index (χ4n) is 2.04. The summed E-state index contributed by atoms with van der Waals surface area (Å²) in [5.41, 5.74) is 1.62. The van der Waals surface area contributed by atoms with Crippen LogP contribution < -0.4 is 10.6 Å². The standard InChI is InChI=1S/C18H30N4O3S/c1-18(2,3)26(24,25)12-11-20-17(19-4)21-13-14-7-9-15(10-8-14)16(23)22(5)6/h7-10H,11-13H2,1-6H3,(H2,19,20,21). The second-order valence-electron chi connectivity index (χ2n) is 7.18. The van der Waals surface area contributed by atoms with E-state index < -0.39 is 14.6 Å². The van der Waals surface area contributed by atoms with E-state index in [1.54, 1.807) is 54.0 Å². The highest BCUT2D eigenvalue weighted by Gasteiger charge is 2.28. The van der Waals surface area contributed by atoms with Crippen molar-refractivity contribution in [3.8, 4) is 0 Å². The van der Waals surface area contributed by atoms with Gasteiger partial charge in [0, 0.05) is 39.8 Å². The molecule has 1 rings (SSSR count). The average Bonchev–Trinajstić information content (AvgIpc) is 2.56. The first-order chi connectivity index (χ1) is 12.0. The number of benzene rings is 1. The molecule has 0 aromatic heterocycles. The molecule has 0 saturated carbocycles. The van der Waals surface area contributed by atoms with E-state index in [0.29, 0.717) is 18.1 Å². The minimum Gasteiger partial charge on any atom is -0.355 e. The van der Waals surface area contributed by atoms with Gasteiger partial charge in [0.2, 0.25) is 0 Å². The molecule has 2 N–H and O–H groups in total. The Hall–Kier alpha value is -2.09. The minimum absolute atomic E-state index is 0.0398. The van der Waals surface area contributed by atoms with E-state index in [0.717, 1.165) is 5.56 Å². The van der Waals surface area contributed by atoms with Crippen molar-refractivity contribution in [3.63, 3.8) is 0 Å². The van der Waals surface area contributed by atoms with Gasteiger partial charge in [0.1, 0.15) is 0 Å². The molecular formula is C18H30N4O3S. The number of hydrogen-bond acceptors (Lipinski definition) is 4. The molecule has 26 heavy (non-hydrogen) atoms. The van der Waals surface area contributed by atoms with Gasteiger partial charge in [-0.15, -0.1) is 0 Å². The average molecular weight is 383 g/mol. The summed E-state index contributed by atoms with van der Waals surface area (Å²) >= 11 is 0. The van der Waals surface area contributed by atoms with Gasteiger partial charge in [-0.25, -0.2) is 8.42 Å². The summed E-state index contributed by atoms with van der Waals surface area (Å²) in [5.74, 6) is 0.531. The van der Waals surface area contributed by atoms with Crippen molar-refractivity contribution in [2.24, 2.45) is 4.99 Å². The fraction of sp³-hybridized carbons (Fsp3) is 0.556. The lowest BCUT2D eigenvalue weighted by atomic mass is 10.1. The quantitative estimate of drug-likeness (QED) is 0.571. The van der Waals surface area contributed by atoms with Gasteiger partial charge < -0.3 is 15.5 Å². The molecule has 0 saturated heterocycles. The maximum Gasteiger partial charge on any atom is 0.253 e. The molecule has 0 aliphatic heterocycles. The molecule has 146 valence electrons. The lowest BCUT2D eigenvalue weighted by Gasteiger charge is -2.19. The van der Waals surface area contributed by atoms with E-state index in [1.807, 2.05) is 12.1 Å². The van der Waals surface area contributed by atoms with Crippen molar-refractivity contribution in [2.75, 3.05) is 33.4 Å². The van der Waals surface area contributed by atoms with Crippen molar-refractivity contribution >= 4 is 21.7 Å². The summed E-state index contributed by atoms with van der Waals surface area (Å²) in [6.45, 7) is 5.89. The van der Waals surface area contributed by atoms with Gasteiger partial charge in [0.15, 0.2) is 15.8 Å². The second kappa shape index (κ2) is 9.02. The van der Waals surface area contributed by atoms with Crippen LogP contribution in [0.4, 0.5) is 0 Å². The second-order valence-corrected chi connectivity index (χ2v) is 10.0. The number of rotatable bonds is 6. The van der Waals surface area contributed by atoms with Crippen molar-refractivity contribution in [1.82, 2.24) is 15.5 Å². The van der Waals surface area contributed by atoms with Crippen LogP contribution in [0.2, 0.25) is 0 Å². The van der Waals surface area contributed by atoms with E-state index in [2.05, 4.69) is 15.6 Å². The predicted molar refractivity (Wildman–Crippen MR) is 106 cm³/mol. The summed E-state index contributed by atoms with van der Waals surface area (Å²) in [4.78, 5) is 17.5. The molecule has 0 spiro atoms. The van der Waals surface area contributed by atoms with Gasteiger partial charge >= 0.3 is 0 Å². The van der Waals surface area contributed by atoms with E-state index in [9.17, 15) is 13.2 Å². The maximum atomic E-state index is 12.1. The SMILES string of the molecule is CN=C(NCCS(=O)(=O)C(C)(C)C)NCc1ccc(C(=O)N(C)C)cc1. The molecular weight excluding hydrogens is 352 g/mol. The Kier molecular flexibility index (Phi) is 7.62. The summed E-state index contributed by atoms with van der Waals surface area (Å²) in [7, 11) is 1.89. The number of sulfone groups is 1. The Bertz CT molecular complexity index is 733. The molecule has 0 heterocycles. The van der Waals surface area contributed by atoms with Crippen LogP contribution in [0, 0.1) is 0 Å². The Morgan fingerprint density at radius 1 is 1.12 bits per heavy atom. The zero-order chi connectivity index (χ0) is 20.0. The van der Waals surface area contributed by atoms with Crippen LogP contribution in [0.15, 0.2) is 29.3 Å². The van der Waals surface area contributed by atoms with Gasteiger partial charge in [-0.05, 0) is 38.5 Å². The third-order valence-corrected chi connectivity index (χ3v) is 6.49. The molecule has 0 radical (unpaired) electrons. The van der Waals surface area contributed by atoms with Crippen LogP contribution >= 0.6 is 0 Å². The molecule has 0 atom stereocenters. The summed E-state index contributed by atoms with van der Waals surface area (Å²) in [6.07, 6.45) is 0.